The number of hydrogen-bond acceptors (Lipinski definition) is 10. The van der Waals surface area contributed by atoms with Crippen molar-refractivity contribution in [2.45, 2.75) is 29.3 Å². The third-order valence-corrected chi connectivity index (χ3v) is 7.15. The summed E-state index contributed by atoms with van der Waals surface area (Å²) in [7, 11) is 2.13. The third-order valence-electron chi connectivity index (χ3n) is 5.58. The van der Waals surface area contributed by atoms with Crippen molar-refractivity contribution in [3.8, 4) is 0 Å². The zero-order chi connectivity index (χ0) is 21.9. The van der Waals surface area contributed by atoms with Crippen molar-refractivity contribution in [3.05, 3.63) is 41.4 Å². The highest BCUT2D eigenvalue weighted by Crippen LogP contribution is 2.32. The second kappa shape index (κ2) is 9.51. The summed E-state index contributed by atoms with van der Waals surface area (Å²) in [5.74, 6) is 1.84. The van der Waals surface area contributed by atoms with Gasteiger partial charge < -0.3 is 9.80 Å². The number of aromatic nitrogens is 4. The van der Waals surface area contributed by atoms with E-state index in [-0.39, 0.29) is 0 Å². The fourth-order valence-electron chi connectivity index (χ4n) is 3.51. The minimum atomic E-state index is 0.297. The van der Waals surface area contributed by atoms with Gasteiger partial charge in [-0.05, 0) is 49.3 Å². The molecule has 2 aromatic heterocycles. The number of nitrogens with one attached hydrogen (secondary N) is 1. The Hall–Kier alpha value is -2.56. The molecule has 1 N–H and O–H groups in total. The Morgan fingerprint density at radius 1 is 1.12 bits per heavy atom. The topological polar surface area (TPSA) is 87.1 Å². The van der Waals surface area contributed by atoms with Crippen molar-refractivity contribution in [2.24, 2.45) is 5.92 Å². The van der Waals surface area contributed by atoms with Crippen molar-refractivity contribution in [1.29, 1.82) is 0 Å². The van der Waals surface area contributed by atoms with Gasteiger partial charge in [0.05, 0.1) is 0 Å². The van der Waals surface area contributed by atoms with Gasteiger partial charge in [0.1, 0.15) is 5.78 Å². The SMILES string of the molecule is CN1CCN(c2nc(Nc3nccs3)nc(Sc3ccc(CC(=O)C4CC4)cc3)n2)CC1. The van der Waals surface area contributed by atoms with Gasteiger partial charge in [0.15, 0.2) is 10.3 Å². The average molecular weight is 468 g/mol. The van der Waals surface area contributed by atoms with Gasteiger partial charge in [0, 0.05) is 55.0 Å². The van der Waals surface area contributed by atoms with Crippen LogP contribution in [0.25, 0.3) is 0 Å². The summed E-state index contributed by atoms with van der Waals surface area (Å²) >= 11 is 3.00. The van der Waals surface area contributed by atoms with E-state index in [9.17, 15) is 4.79 Å². The summed E-state index contributed by atoms with van der Waals surface area (Å²) in [6.07, 6.45) is 4.38. The third kappa shape index (κ3) is 5.43. The van der Waals surface area contributed by atoms with Crippen LogP contribution in [0.2, 0.25) is 0 Å². The number of rotatable bonds is 8. The molecule has 2 aliphatic rings. The normalized spacial score (nSPS) is 16.8. The van der Waals surface area contributed by atoms with Crippen molar-refractivity contribution in [2.75, 3.05) is 43.4 Å². The van der Waals surface area contributed by atoms with E-state index in [0.717, 1.165) is 54.6 Å². The van der Waals surface area contributed by atoms with Crippen molar-refractivity contribution < 1.29 is 4.79 Å². The second-order valence-electron chi connectivity index (χ2n) is 8.16. The summed E-state index contributed by atoms with van der Waals surface area (Å²) in [5.41, 5.74) is 1.06. The van der Waals surface area contributed by atoms with E-state index >= 15 is 0 Å². The molecule has 166 valence electrons. The number of piperazine rings is 1. The second-order valence-corrected chi connectivity index (χ2v) is 10.1. The standard InChI is InChI=1S/C22H25N7OS2/c1-28-9-11-29(12-10-28)20-24-19(25-21-23-8-13-31-21)26-22(27-20)32-17-6-2-15(3-7-17)14-18(30)16-4-5-16/h2-3,6-8,13,16H,4-5,9-12,14H2,1H3,(H,23,24,25,26,27). The molecule has 0 bridgehead atoms. The zero-order valence-electron chi connectivity index (χ0n) is 17.9. The number of benzene rings is 1. The van der Waals surface area contributed by atoms with Crippen LogP contribution in [0.15, 0.2) is 45.9 Å². The van der Waals surface area contributed by atoms with Crippen molar-refractivity contribution in [1.82, 2.24) is 24.8 Å². The van der Waals surface area contributed by atoms with E-state index in [4.69, 9.17) is 4.98 Å². The van der Waals surface area contributed by atoms with E-state index in [1.54, 1.807) is 6.20 Å². The number of ketones is 1. The van der Waals surface area contributed by atoms with Crippen LogP contribution in [0.3, 0.4) is 0 Å². The fraction of sp³-hybridized carbons (Fsp3) is 0.409. The number of carbonyl (C=O) groups excluding carboxylic acids is 1. The van der Waals surface area contributed by atoms with Crippen molar-refractivity contribution in [3.63, 3.8) is 0 Å². The van der Waals surface area contributed by atoms with Gasteiger partial charge >= 0.3 is 0 Å². The van der Waals surface area contributed by atoms with Crippen molar-refractivity contribution >= 4 is 45.9 Å². The van der Waals surface area contributed by atoms with Crippen LogP contribution in [0.4, 0.5) is 17.0 Å². The predicted octanol–water partition coefficient (Wildman–Crippen LogP) is 3.50. The Labute approximate surface area is 195 Å². The van der Waals surface area contributed by atoms with Gasteiger partial charge in [-0.1, -0.05) is 12.1 Å². The molecule has 1 aromatic carbocycles. The molecule has 0 radical (unpaired) electrons. The molecule has 5 rings (SSSR count). The highest BCUT2D eigenvalue weighted by atomic mass is 32.2. The minimum absolute atomic E-state index is 0.297. The zero-order valence-corrected chi connectivity index (χ0v) is 19.5. The van der Waals surface area contributed by atoms with E-state index in [2.05, 4.69) is 37.1 Å². The van der Waals surface area contributed by atoms with Crippen LogP contribution in [-0.4, -0.2) is 63.8 Å². The maximum atomic E-state index is 12.1. The first-order chi connectivity index (χ1) is 15.6. The monoisotopic (exact) mass is 467 g/mol. The first-order valence-electron chi connectivity index (χ1n) is 10.8. The molecule has 10 heteroatoms. The molecule has 1 aliphatic carbocycles. The summed E-state index contributed by atoms with van der Waals surface area (Å²) < 4.78 is 0. The Kier molecular flexibility index (Phi) is 6.33. The van der Waals surface area contributed by atoms with E-state index in [0.29, 0.717) is 35.2 Å². The fourth-order valence-corrected chi connectivity index (χ4v) is 4.77. The van der Waals surface area contributed by atoms with Gasteiger partial charge in [0.2, 0.25) is 11.9 Å². The number of thiazole rings is 1. The summed E-state index contributed by atoms with van der Waals surface area (Å²) in [5, 5.41) is 6.50. The highest BCUT2D eigenvalue weighted by Gasteiger charge is 2.29. The minimum Gasteiger partial charge on any atom is -0.338 e. The molecule has 0 spiro atoms. The Balaban J connectivity index is 1.34. The van der Waals surface area contributed by atoms with Gasteiger partial charge in [-0.3, -0.25) is 10.1 Å². The first kappa shape index (κ1) is 21.3. The molecular formula is C22H25N7OS2. The molecule has 3 heterocycles. The molecule has 3 aromatic rings. The van der Waals surface area contributed by atoms with Crippen LogP contribution < -0.4 is 10.2 Å². The molecule has 0 amide bonds. The number of likely N-dealkylation sites (N-methyl/N-ethyl adjacent to an activating group) is 1. The molecule has 1 aliphatic heterocycles. The summed E-state index contributed by atoms with van der Waals surface area (Å²) in [6, 6.07) is 8.13. The lowest BCUT2D eigenvalue weighted by atomic mass is 10.1. The van der Waals surface area contributed by atoms with Gasteiger partial charge in [0.25, 0.3) is 0 Å². The van der Waals surface area contributed by atoms with E-state index < -0.39 is 0 Å². The number of carbonyl (C=O) groups is 1. The molecular weight excluding hydrogens is 442 g/mol. The average Bonchev–Trinajstić information content (AvgIpc) is 3.53. The van der Waals surface area contributed by atoms with Crippen LogP contribution in [0, 0.1) is 5.92 Å². The predicted molar refractivity (Wildman–Crippen MR) is 127 cm³/mol. The van der Waals surface area contributed by atoms with E-state index in [1.165, 1.54) is 23.1 Å². The van der Waals surface area contributed by atoms with E-state index in [1.807, 2.05) is 29.6 Å². The first-order valence-corrected chi connectivity index (χ1v) is 12.5. The lowest BCUT2D eigenvalue weighted by Gasteiger charge is -2.32. The lowest BCUT2D eigenvalue weighted by Crippen LogP contribution is -2.45. The Bertz CT molecular complexity index is 1060. The quantitative estimate of drug-likeness (QED) is 0.535. The van der Waals surface area contributed by atoms with Gasteiger partial charge in [-0.25, -0.2) is 4.98 Å². The molecule has 0 atom stereocenters. The molecule has 1 saturated carbocycles. The molecule has 0 unspecified atom stereocenters. The summed E-state index contributed by atoms with van der Waals surface area (Å²) in [4.78, 5) is 35.9. The number of nitrogens with zero attached hydrogens (tertiary/aromatic N) is 6. The Morgan fingerprint density at radius 3 is 2.59 bits per heavy atom. The largest absolute Gasteiger partial charge is 0.338 e. The van der Waals surface area contributed by atoms with Crippen LogP contribution in [0.5, 0.6) is 0 Å². The maximum absolute atomic E-state index is 12.1. The van der Waals surface area contributed by atoms with Gasteiger partial charge in [-0.15, -0.1) is 11.3 Å². The van der Waals surface area contributed by atoms with Gasteiger partial charge in [-0.2, -0.15) is 15.0 Å². The number of hydrogen-bond donors (Lipinski definition) is 1. The molecule has 8 nitrogen and oxygen atoms in total. The highest BCUT2D eigenvalue weighted by molar-refractivity contribution is 7.99. The lowest BCUT2D eigenvalue weighted by molar-refractivity contribution is -0.119. The number of anilines is 3. The smallest absolute Gasteiger partial charge is 0.234 e. The molecule has 2 fully saturated rings. The Morgan fingerprint density at radius 2 is 1.91 bits per heavy atom. The summed E-state index contributed by atoms with van der Waals surface area (Å²) in [6.45, 7) is 3.71. The molecule has 1 saturated heterocycles. The van der Waals surface area contributed by atoms with Crippen LogP contribution >= 0.6 is 23.1 Å². The molecule has 32 heavy (non-hydrogen) atoms. The van der Waals surface area contributed by atoms with Crippen LogP contribution in [0.1, 0.15) is 18.4 Å². The maximum Gasteiger partial charge on any atom is 0.234 e. The van der Waals surface area contributed by atoms with Crippen LogP contribution in [-0.2, 0) is 11.2 Å². The number of Topliss-reactive ketones (excluding diaryl/α,β-unsaturated/α-hetero) is 1.